The summed E-state index contributed by atoms with van der Waals surface area (Å²) in [6.07, 6.45) is 1.91. The molecule has 2 atom stereocenters. The lowest BCUT2D eigenvalue weighted by molar-refractivity contribution is -0.144. The minimum Gasteiger partial charge on any atom is -0.444 e. The van der Waals surface area contributed by atoms with E-state index in [1.165, 1.54) is 4.90 Å². The number of primary amides is 1. The highest BCUT2D eigenvalue weighted by Crippen LogP contribution is 2.29. The van der Waals surface area contributed by atoms with E-state index in [9.17, 15) is 19.2 Å². The molecule has 0 saturated carbocycles. The summed E-state index contributed by atoms with van der Waals surface area (Å²) >= 11 is 0. The summed E-state index contributed by atoms with van der Waals surface area (Å²) < 4.78 is 5.35. The average Bonchev–Trinajstić information content (AvgIpc) is 2.77. The molecular weight excluding hydrogens is 472 g/mol. The molecule has 0 aliphatic heterocycles. The van der Waals surface area contributed by atoms with Crippen molar-refractivity contribution in [1.82, 2.24) is 15.5 Å². The van der Waals surface area contributed by atoms with Crippen LogP contribution in [0.4, 0.5) is 4.79 Å². The van der Waals surface area contributed by atoms with Gasteiger partial charge in [-0.25, -0.2) is 4.79 Å². The van der Waals surface area contributed by atoms with Crippen molar-refractivity contribution in [3.63, 3.8) is 0 Å². The fourth-order valence-corrected chi connectivity index (χ4v) is 4.02. The van der Waals surface area contributed by atoms with Crippen LogP contribution >= 0.6 is 0 Å². The van der Waals surface area contributed by atoms with Gasteiger partial charge in [-0.3, -0.25) is 14.4 Å². The van der Waals surface area contributed by atoms with Gasteiger partial charge in [0.15, 0.2) is 0 Å². The van der Waals surface area contributed by atoms with Crippen molar-refractivity contribution in [2.24, 2.45) is 5.73 Å². The zero-order valence-electron chi connectivity index (χ0n) is 23.8. The first-order valence-corrected chi connectivity index (χ1v) is 13.1. The summed E-state index contributed by atoms with van der Waals surface area (Å²) in [6.45, 7) is 15.2. The average molecular weight is 519 g/mol. The second kappa shape index (κ2) is 14.6. The predicted octanol–water partition coefficient (Wildman–Crippen LogP) is 4.05. The van der Waals surface area contributed by atoms with Gasteiger partial charge in [0, 0.05) is 19.0 Å². The molecule has 4 N–H and O–H groups in total. The van der Waals surface area contributed by atoms with Crippen molar-refractivity contribution < 1.29 is 23.9 Å². The molecular formula is C28H46N4O5. The molecule has 2 unspecified atom stereocenters. The van der Waals surface area contributed by atoms with E-state index in [-0.39, 0.29) is 18.7 Å². The Hall–Kier alpha value is -3.10. The van der Waals surface area contributed by atoms with E-state index < -0.39 is 41.6 Å². The Kier molecular flexibility index (Phi) is 12.6. The first-order chi connectivity index (χ1) is 17.2. The minimum atomic E-state index is -1.11. The van der Waals surface area contributed by atoms with Crippen molar-refractivity contribution in [1.29, 1.82) is 0 Å². The zero-order valence-corrected chi connectivity index (χ0v) is 23.8. The first-order valence-electron chi connectivity index (χ1n) is 13.1. The van der Waals surface area contributed by atoms with Crippen LogP contribution in [-0.2, 0) is 19.1 Å². The molecule has 0 saturated heterocycles. The van der Waals surface area contributed by atoms with Gasteiger partial charge in [-0.05, 0) is 78.0 Å². The summed E-state index contributed by atoms with van der Waals surface area (Å²) in [5, 5.41) is 5.60. The Labute approximate surface area is 221 Å². The van der Waals surface area contributed by atoms with E-state index in [4.69, 9.17) is 10.5 Å². The van der Waals surface area contributed by atoms with Gasteiger partial charge < -0.3 is 26.0 Å². The van der Waals surface area contributed by atoms with E-state index in [0.29, 0.717) is 12.1 Å². The fourth-order valence-electron chi connectivity index (χ4n) is 4.02. The van der Waals surface area contributed by atoms with Crippen LogP contribution in [0, 0.1) is 13.8 Å². The lowest BCUT2D eigenvalue weighted by Crippen LogP contribution is -2.55. The van der Waals surface area contributed by atoms with Crippen molar-refractivity contribution in [3.05, 3.63) is 34.9 Å². The Morgan fingerprint density at radius 2 is 1.73 bits per heavy atom. The van der Waals surface area contributed by atoms with Crippen LogP contribution in [0.5, 0.6) is 0 Å². The minimum absolute atomic E-state index is 0.0196. The zero-order chi connectivity index (χ0) is 28.3. The number of ether oxygens (including phenoxy) is 1. The smallest absolute Gasteiger partial charge is 0.408 e. The van der Waals surface area contributed by atoms with Gasteiger partial charge in [0.25, 0.3) is 0 Å². The second-order valence-corrected chi connectivity index (χ2v) is 10.7. The lowest BCUT2D eigenvalue weighted by Gasteiger charge is -2.38. The summed E-state index contributed by atoms with van der Waals surface area (Å²) in [4.78, 5) is 53.3. The fraction of sp³-hybridized carbons (Fsp3) is 0.643. The largest absolute Gasteiger partial charge is 0.444 e. The third kappa shape index (κ3) is 10.4. The maximum atomic E-state index is 14.0. The van der Waals surface area contributed by atoms with Crippen LogP contribution in [-0.4, -0.2) is 52.9 Å². The van der Waals surface area contributed by atoms with Gasteiger partial charge in [0.05, 0.1) is 0 Å². The number of alkyl carbamates (subject to hydrolysis) is 1. The van der Waals surface area contributed by atoms with Gasteiger partial charge in [-0.15, -0.1) is 0 Å². The normalized spacial score (nSPS) is 13.0. The molecule has 9 nitrogen and oxygen atoms in total. The molecule has 208 valence electrons. The molecule has 9 heteroatoms. The Morgan fingerprint density at radius 1 is 1.08 bits per heavy atom. The number of carbonyl (C=O) groups excluding carboxylic acids is 4. The molecule has 0 radical (unpaired) electrons. The van der Waals surface area contributed by atoms with Crippen LogP contribution in [0.15, 0.2) is 18.2 Å². The van der Waals surface area contributed by atoms with Crippen LogP contribution in [0.3, 0.4) is 0 Å². The lowest BCUT2D eigenvalue weighted by atomic mass is 9.94. The highest BCUT2D eigenvalue weighted by molar-refractivity contribution is 5.93. The van der Waals surface area contributed by atoms with Crippen LogP contribution in [0.2, 0.25) is 0 Å². The Bertz CT molecular complexity index is 939. The molecule has 0 aliphatic carbocycles. The highest BCUT2D eigenvalue weighted by atomic mass is 16.6. The molecule has 4 amide bonds. The standard InChI is InChI=1S/C28H46N4O5/c1-9-10-11-17-30-25(34)24(21-14-12-13-19(4)20(21)5)32(18(2)3)26(35)22(15-16-23(29)33)31-27(36)37-28(6,7)8/h12-14,18,22,24H,9-11,15-17H2,1-8H3,(H2,29,33)(H,30,34)(H,31,36). The van der Waals surface area contributed by atoms with Crippen molar-refractivity contribution >= 4 is 23.8 Å². The SMILES string of the molecule is CCCCCNC(=O)C(c1cccc(C)c1C)N(C(=O)C(CCC(N)=O)NC(=O)OC(C)(C)C)C(C)C. The number of amides is 4. The Morgan fingerprint density at radius 3 is 2.27 bits per heavy atom. The van der Waals surface area contributed by atoms with E-state index in [2.05, 4.69) is 17.6 Å². The predicted molar refractivity (Wildman–Crippen MR) is 145 cm³/mol. The maximum absolute atomic E-state index is 14.0. The van der Waals surface area contributed by atoms with Crippen molar-refractivity contribution in [3.8, 4) is 0 Å². The number of carbonyl (C=O) groups is 4. The van der Waals surface area contributed by atoms with Crippen molar-refractivity contribution in [2.45, 2.75) is 111 Å². The molecule has 1 rings (SSSR count). The molecule has 0 heterocycles. The highest BCUT2D eigenvalue weighted by Gasteiger charge is 2.38. The summed E-state index contributed by atoms with van der Waals surface area (Å²) in [5.41, 5.74) is 7.18. The van der Waals surface area contributed by atoms with Crippen molar-refractivity contribution in [2.75, 3.05) is 6.54 Å². The van der Waals surface area contributed by atoms with Crippen LogP contribution in [0.25, 0.3) is 0 Å². The number of benzene rings is 1. The van der Waals surface area contributed by atoms with Gasteiger partial charge in [0.1, 0.15) is 17.7 Å². The number of hydrogen-bond donors (Lipinski definition) is 3. The second-order valence-electron chi connectivity index (χ2n) is 10.7. The number of hydrogen-bond acceptors (Lipinski definition) is 5. The van der Waals surface area contributed by atoms with Gasteiger partial charge in [-0.1, -0.05) is 38.0 Å². The number of unbranched alkanes of at least 4 members (excludes halogenated alkanes) is 2. The number of nitrogens with one attached hydrogen (secondary N) is 2. The van der Waals surface area contributed by atoms with E-state index in [0.717, 1.165) is 30.4 Å². The number of aryl methyl sites for hydroxylation is 1. The van der Waals surface area contributed by atoms with Gasteiger partial charge in [-0.2, -0.15) is 0 Å². The summed E-state index contributed by atoms with van der Waals surface area (Å²) in [6, 6.07) is 3.24. The van der Waals surface area contributed by atoms with E-state index in [1.807, 2.05) is 45.9 Å². The van der Waals surface area contributed by atoms with E-state index >= 15 is 0 Å². The molecule has 1 aromatic carbocycles. The summed E-state index contributed by atoms with van der Waals surface area (Å²) in [5.74, 6) is -1.38. The molecule has 0 bridgehead atoms. The molecule has 0 spiro atoms. The monoisotopic (exact) mass is 518 g/mol. The number of nitrogens with two attached hydrogens (primary N) is 1. The molecule has 1 aromatic rings. The van der Waals surface area contributed by atoms with Gasteiger partial charge >= 0.3 is 6.09 Å². The summed E-state index contributed by atoms with van der Waals surface area (Å²) in [7, 11) is 0. The molecule has 0 aliphatic rings. The Balaban J connectivity index is 3.48. The van der Waals surface area contributed by atoms with Gasteiger partial charge in [0.2, 0.25) is 17.7 Å². The third-order valence-corrected chi connectivity index (χ3v) is 6.03. The molecule has 0 fully saturated rings. The topological polar surface area (TPSA) is 131 Å². The molecule has 0 aromatic heterocycles. The first kappa shape index (κ1) is 31.9. The molecule has 37 heavy (non-hydrogen) atoms. The van der Waals surface area contributed by atoms with E-state index in [1.54, 1.807) is 20.8 Å². The van der Waals surface area contributed by atoms with Crippen LogP contribution < -0.4 is 16.4 Å². The quantitative estimate of drug-likeness (QED) is 0.339. The third-order valence-electron chi connectivity index (χ3n) is 6.03. The number of nitrogens with zero attached hydrogens (tertiary/aromatic N) is 1. The number of rotatable bonds is 13. The maximum Gasteiger partial charge on any atom is 0.408 e. The van der Waals surface area contributed by atoms with Crippen LogP contribution in [0.1, 0.15) is 96.4 Å².